The first kappa shape index (κ1) is 12.9. The van der Waals surface area contributed by atoms with Gasteiger partial charge in [-0.1, -0.05) is 30.3 Å². The molecule has 1 saturated heterocycles. The van der Waals surface area contributed by atoms with Crippen LogP contribution in [0.25, 0.3) is 0 Å². The van der Waals surface area contributed by atoms with Crippen LogP contribution in [0.15, 0.2) is 42.7 Å². The van der Waals surface area contributed by atoms with E-state index in [9.17, 15) is 0 Å². The fourth-order valence-corrected chi connectivity index (χ4v) is 2.63. The van der Waals surface area contributed by atoms with E-state index in [0.717, 1.165) is 25.5 Å². The predicted octanol–water partition coefficient (Wildman–Crippen LogP) is 1.55. The third kappa shape index (κ3) is 2.58. The summed E-state index contributed by atoms with van der Waals surface area (Å²) in [5.74, 6) is 1.35. The van der Waals surface area contributed by atoms with E-state index in [4.69, 9.17) is 5.73 Å². The normalized spacial score (nSPS) is 20.1. The van der Waals surface area contributed by atoms with Crippen molar-refractivity contribution in [2.45, 2.75) is 6.04 Å². The van der Waals surface area contributed by atoms with Gasteiger partial charge < -0.3 is 15.5 Å². The number of rotatable bonds is 2. The molecule has 104 valence electrons. The number of aromatic nitrogens is 2. The van der Waals surface area contributed by atoms with Crippen LogP contribution in [-0.2, 0) is 0 Å². The number of nitrogens with two attached hydrogens (primary N) is 1. The van der Waals surface area contributed by atoms with E-state index in [1.54, 1.807) is 12.4 Å². The van der Waals surface area contributed by atoms with Crippen LogP contribution in [0.4, 0.5) is 11.6 Å². The zero-order chi connectivity index (χ0) is 13.9. The van der Waals surface area contributed by atoms with Crippen molar-refractivity contribution in [1.82, 2.24) is 14.9 Å². The Labute approximate surface area is 119 Å². The molecule has 3 rings (SSSR count). The van der Waals surface area contributed by atoms with Gasteiger partial charge in [0, 0.05) is 19.6 Å². The van der Waals surface area contributed by atoms with Crippen LogP contribution in [0.2, 0.25) is 0 Å². The summed E-state index contributed by atoms with van der Waals surface area (Å²) in [6, 6.07) is 10.8. The molecule has 0 aliphatic carbocycles. The molecule has 1 aromatic heterocycles. The molecule has 1 aliphatic heterocycles. The Kier molecular flexibility index (Phi) is 3.52. The maximum Gasteiger partial charge on any atom is 0.147 e. The smallest absolute Gasteiger partial charge is 0.147 e. The van der Waals surface area contributed by atoms with Crippen molar-refractivity contribution < 1.29 is 0 Å². The van der Waals surface area contributed by atoms with Gasteiger partial charge >= 0.3 is 0 Å². The summed E-state index contributed by atoms with van der Waals surface area (Å²) in [6.07, 6.45) is 3.38. The number of piperazine rings is 1. The summed E-state index contributed by atoms with van der Waals surface area (Å²) < 4.78 is 0. The lowest BCUT2D eigenvalue weighted by molar-refractivity contribution is 0.268. The minimum absolute atomic E-state index is 0.299. The molecule has 1 atom stereocenters. The zero-order valence-electron chi connectivity index (χ0n) is 11.6. The topological polar surface area (TPSA) is 58.3 Å². The SMILES string of the molecule is CN1CCN(c2cnc(N)cn2)C(c2ccccc2)C1. The summed E-state index contributed by atoms with van der Waals surface area (Å²) in [6.45, 7) is 2.94. The molecule has 0 amide bonds. The molecule has 0 spiro atoms. The highest BCUT2D eigenvalue weighted by Crippen LogP contribution is 2.28. The summed E-state index contributed by atoms with van der Waals surface area (Å²) in [4.78, 5) is 13.2. The fourth-order valence-electron chi connectivity index (χ4n) is 2.63. The summed E-state index contributed by atoms with van der Waals surface area (Å²) in [5, 5.41) is 0. The first-order valence-electron chi connectivity index (χ1n) is 6.81. The van der Waals surface area contributed by atoms with Crippen molar-refractivity contribution in [1.29, 1.82) is 0 Å². The lowest BCUT2D eigenvalue weighted by Crippen LogP contribution is -2.47. The molecule has 1 aliphatic rings. The van der Waals surface area contributed by atoms with Gasteiger partial charge in [0.25, 0.3) is 0 Å². The molecular weight excluding hydrogens is 250 g/mol. The summed E-state index contributed by atoms with van der Waals surface area (Å²) >= 11 is 0. The summed E-state index contributed by atoms with van der Waals surface area (Å²) in [5.41, 5.74) is 6.93. The highest BCUT2D eigenvalue weighted by Gasteiger charge is 2.27. The van der Waals surface area contributed by atoms with Gasteiger partial charge in [-0.25, -0.2) is 9.97 Å². The average molecular weight is 269 g/mol. The van der Waals surface area contributed by atoms with Crippen molar-refractivity contribution in [3.63, 3.8) is 0 Å². The Morgan fingerprint density at radius 2 is 1.90 bits per heavy atom. The predicted molar refractivity (Wildman–Crippen MR) is 80.5 cm³/mol. The minimum Gasteiger partial charge on any atom is -0.382 e. The van der Waals surface area contributed by atoms with Crippen molar-refractivity contribution in [3.8, 4) is 0 Å². The van der Waals surface area contributed by atoms with Gasteiger partial charge in [0.2, 0.25) is 0 Å². The lowest BCUT2D eigenvalue weighted by Gasteiger charge is -2.40. The Hall–Kier alpha value is -2.14. The van der Waals surface area contributed by atoms with Gasteiger partial charge in [-0.05, 0) is 12.6 Å². The number of anilines is 2. The second-order valence-corrected chi connectivity index (χ2v) is 5.18. The van der Waals surface area contributed by atoms with E-state index in [1.807, 2.05) is 6.07 Å². The van der Waals surface area contributed by atoms with Crippen LogP contribution in [0.1, 0.15) is 11.6 Å². The molecule has 5 nitrogen and oxygen atoms in total. The van der Waals surface area contributed by atoms with E-state index in [1.165, 1.54) is 5.56 Å². The number of hydrogen-bond acceptors (Lipinski definition) is 5. The summed E-state index contributed by atoms with van der Waals surface area (Å²) in [7, 11) is 2.15. The molecule has 2 heterocycles. The monoisotopic (exact) mass is 269 g/mol. The van der Waals surface area contributed by atoms with Gasteiger partial charge in [-0.2, -0.15) is 0 Å². The molecule has 1 fully saturated rings. The van der Waals surface area contributed by atoms with Gasteiger partial charge in [0.1, 0.15) is 11.6 Å². The van der Waals surface area contributed by atoms with Gasteiger partial charge in [-0.15, -0.1) is 0 Å². The number of benzene rings is 1. The number of nitrogen functional groups attached to an aromatic ring is 1. The molecule has 2 aromatic rings. The van der Waals surface area contributed by atoms with Crippen LogP contribution in [0.3, 0.4) is 0 Å². The maximum atomic E-state index is 5.62. The van der Waals surface area contributed by atoms with Crippen LogP contribution in [0.5, 0.6) is 0 Å². The lowest BCUT2D eigenvalue weighted by atomic mass is 10.0. The number of hydrogen-bond donors (Lipinski definition) is 1. The molecule has 1 aromatic carbocycles. The van der Waals surface area contributed by atoms with Crippen LogP contribution in [0, 0.1) is 0 Å². The molecule has 0 radical (unpaired) electrons. The average Bonchev–Trinajstić information content (AvgIpc) is 2.49. The van der Waals surface area contributed by atoms with Gasteiger partial charge in [-0.3, -0.25) is 0 Å². The van der Waals surface area contributed by atoms with Crippen molar-refractivity contribution in [2.75, 3.05) is 37.3 Å². The Morgan fingerprint density at radius 3 is 2.60 bits per heavy atom. The first-order valence-corrected chi connectivity index (χ1v) is 6.81. The molecule has 20 heavy (non-hydrogen) atoms. The zero-order valence-corrected chi connectivity index (χ0v) is 11.6. The van der Waals surface area contributed by atoms with Gasteiger partial charge in [0.05, 0.1) is 18.4 Å². The van der Waals surface area contributed by atoms with E-state index >= 15 is 0 Å². The fraction of sp³-hybridized carbons (Fsp3) is 0.333. The molecule has 1 unspecified atom stereocenters. The van der Waals surface area contributed by atoms with E-state index in [-0.39, 0.29) is 0 Å². The maximum absolute atomic E-state index is 5.62. The quantitative estimate of drug-likeness (QED) is 0.896. The van der Waals surface area contributed by atoms with Crippen molar-refractivity contribution in [3.05, 3.63) is 48.3 Å². The van der Waals surface area contributed by atoms with Crippen LogP contribution in [-0.4, -0.2) is 41.5 Å². The number of nitrogens with zero attached hydrogens (tertiary/aromatic N) is 4. The molecule has 5 heteroatoms. The first-order chi connectivity index (χ1) is 9.74. The molecule has 0 bridgehead atoms. The second kappa shape index (κ2) is 5.46. The standard InChI is InChI=1S/C15H19N5/c1-19-7-8-20(15-10-17-14(16)9-18-15)13(11-19)12-5-3-2-4-6-12/h2-6,9-10,13H,7-8,11H2,1H3,(H2,16,17). The van der Waals surface area contributed by atoms with Crippen molar-refractivity contribution >= 4 is 11.6 Å². The highest BCUT2D eigenvalue weighted by molar-refractivity contribution is 5.44. The third-order valence-corrected chi connectivity index (χ3v) is 3.72. The van der Waals surface area contributed by atoms with E-state index < -0.39 is 0 Å². The Bertz CT molecular complexity index is 554. The minimum atomic E-state index is 0.299. The van der Waals surface area contributed by atoms with Crippen LogP contribution < -0.4 is 10.6 Å². The van der Waals surface area contributed by atoms with Gasteiger partial charge in [0.15, 0.2) is 0 Å². The Balaban J connectivity index is 1.92. The third-order valence-electron chi connectivity index (χ3n) is 3.72. The molecule has 2 N–H and O–H groups in total. The number of likely N-dealkylation sites (N-methyl/N-ethyl adjacent to an activating group) is 1. The second-order valence-electron chi connectivity index (χ2n) is 5.18. The highest BCUT2D eigenvalue weighted by atomic mass is 15.3. The largest absolute Gasteiger partial charge is 0.382 e. The van der Waals surface area contributed by atoms with Crippen LogP contribution >= 0.6 is 0 Å². The van der Waals surface area contributed by atoms with Crippen molar-refractivity contribution in [2.24, 2.45) is 0 Å². The Morgan fingerprint density at radius 1 is 1.10 bits per heavy atom. The van der Waals surface area contributed by atoms with E-state index in [0.29, 0.717) is 11.9 Å². The van der Waals surface area contributed by atoms with E-state index in [2.05, 4.69) is 51.1 Å². The molecule has 0 saturated carbocycles. The molecular formula is C15H19N5.